The van der Waals surface area contributed by atoms with E-state index in [1.54, 1.807) is 0 Å². The van der Waals surface area contributed by atoms with Gasteiger partial charge in [-0.3, -0.25) is 0 Å². The van der Waals surface area contributed by atoms with Gasteiger partial charge < -0.3 is 15.5 Å². The Kier molecular flexibility index (Phi) is 3.63. The molecule has 0 spiro atoms. The molecule has 3 nitrogen and oxygen atoms in total. The summed E-state index contributed by atoms with van der Waals surface area (Å²) < 4.78 is 0. The van der Waals surface area contributed by atoms with Gasteiger partial charge >= 0.3 is 0 Å². The fourth-order valence-electron chi connectivity index (χ4n) is 4.09. The van der Waals surface area contributed by atoms with Crippen LogP contribution in [0.1, 0.15) is 37.7 Å². The van der Waals surface area contributed by atoms with E-state index in [1.807, 2.05) is 0 Å². The second-order valence-electron chi connectivity index (χ2n) is 6.74. The van der Waals surface area contributed by atoms with Gasteiger partial charge in [-0.2, -0.15) is 0 Å². The topological polar surface area (TPSA) is 32.5 Å². The van der Waals surface area contributed by atoms with Crippen LogP contribution in [0.4, 0.5) is 11.4 Å². The Morgan fingerprint density at radius 3 is 2.40 bits per heavy atom. The summed E-state index contributed by atoms with van der Waals surface area (Å²) in [5.74, 6) is 0. The van der Waals surface area contributed by atoms with Crippen molar-refractivity contribution in [3.63, 3.8) is 0 Å². The fraction of sp³-hybridized carbons (Fsp3) is 0.647. The van der Waals surface area contributed by atoms with E-state index < -0.39 is 0 Å². The first-order valence-electron chi connectivity index (χ1n) is 7.88. The van der Waals surface area contributed by atoms with Crippen LogP contribution in [0.15, 0.2) is 18.2 Å². The Bertz CT molecular complexity index is 469. The van der Waals surface area contributed by atoms with Gasteiger partial charge in [-0.25, -0.2) is 0 Å². The van der Waals surface area contributed by atoms with Crippen molar-refractivity contribution in [1.29, 1.82) is 0 Å². The summed E-state index contributed by atoms with van der Waals surface area (Å²) in [7, 11) is 4.25. The van der Waals surface area contributed by atoms with Crippen molar-refractivity contribution < 1.29 is 0 Å². The maximum atomic E-state index is 6.23. The summed E-state index contributed by atoms with van der Waals surface area (Å²) in [6, 6.07) is 8.61. The molecule has 2 saturated heterocycles. The van der Waals surface area contributed by atoms with E-state index in [4.69, 9.17) is 5.73 Å². The molecule has 2 fully saturated rings. The number of piperidine rings is 2. The van der Waals surface area contributed by atoms with E-state index in [-0.39, 0.29) is 0 Å². The van der Waals surface area contributed by atoms with Gasteiger partial charge in [0.15, 0.2) is 0 Å². The highest BCUT2D eigenvalue weighted by Crippen LogP contribution is 2.38. The van der Waals surface area contributed by atoms with Crippen molar-refractivity contribution in [3.8, 4) is 0 Å². The number of rotatable bonds is 2. The number of anilines is 2. The van der Waals surface area contributed by atoms with Crippen LogP contribution in [0.3, 0.4) is 0 Å². The lowest BCUT2D eigenvalue weighted by atomic mass is 9.81. The van der Waals surface area contributed by atoms with Gasteiger partial charge in [0, 0.05) is 43.6 Å². The molecule has 2 bridgehead atoms. The van der Waals surface area contributed by atoms with Gasteiger partial charge in [0.05, 0.1) is 0 Å². The molecule has 0 saturated carbocycles. The van der Waals surface area contributed by atoms with E-state index in [0.29, 0.717) is 18.1 Å². The second-order valence-corrected chi connectivity index (χ2v) is 6.74. The number of hydrogen-bond donors (Lipinski definition) is 1. The molecule has 0 aliphatic carbocycles. The average molecular weight is 273 g/mol. The van der Waals surface area contributed by atoms with Crippen LogP contribution in [0.5, 0.6) is 0 Å². The molecule has 1 aromatic rings. The predicted octanol–water partition coefficient (Wildman–Crippen LogP) is 2.91. The number of aryl methyl sites for hydroxylation is 1. The number of nitrogens with zero attached hydrogens (tertiary/aromatic N) is 2. The van der Waals surface area contributed by atoms with Crippen molar-refractivity contribution in [2.75, 3.05) is 23.9 Å². The molecule has 2 unspecified atom stereocenters. The zero-order chi connectivity index (χ0) is 14.3. The van der Waals surface area contributed by atoms with Gasteiger partial charge in [-0.1, -0.05) is 6.07 Å². The zero-order valence-electron chi connectivity index (χ0n) is 13.0. The lowest BCUT2D eigenvalue weighted by Gasteiger charge is -2.49. The van der Waals surface area contributed by atoms with Gasteiger partial charge in [-0.05, 0) is 56.7 Å². The average Bonchev–Trinajstić information content (AvgIpc) is 2.38. The molecule has 3 rings (SSSR count). The van der Waals surface area contributed by atoms with Crippen LogP contribution in [0.25, 0.3) is 0 Å². The molecule has 2 aliphatic heterocycles. The Balaban J connectivity index is 1.94. The quantitative estimate of drug-likeness (QED) is 0.899. The lowest BCUT2D eigenvalue weighted by molar-refractivity contribution is 0.271. The highest BCUT2D eigenvalue weighted by atomic mass is 15.2. The molecule has 20 heavy (non-hydrogen) atoms. The predicted molar refractivity (Wildman–Crippen MR) is 86.6 cm³/mol. The highest BCUT2D eigenvalue weighted by Gasteiger charge is 2.37. The molecule has 0 radical (unpaired) electrons. The van der Waals surface area contributed by atoms with Crippen LogP contribution in [0, 0.1) is 6.92 Å². The summed E-state index contributed by atoms with van der Waals surface area (Å²) in [5.41, 5.74) is 10.3. The molecule has 2 N–H and O–H groups in total. The monoisotopic (exact) mass is 273 g/mol. The van der Waals surface area contributed by atoms with Crippen molar-refractivity contribution in [1.82, 2.24) is 0 Å². The van der Waals surface area contributed by atoms with Gasteiger partial charge in [-0.15, -0.1) is 0 Å². The molecule has 110 valence electrons. The molecular weight excluding hydrogens is 246 g/mol. The van der Waals surface area contributed by atoms with Gasteiger partial charge in [0.1, 0.15) is 0 Å². The summed E-state index contributed by atoms with van der Waals surface area (Å²) >= 11 is 0. The first-order chi connectivity index (χ1) is 9.56. The largest absolute Gasteiger partial charge is 0.377 e. The standard InChI is InChI=1S/C17H27N3/c1-12-7-8-16(11-17(12)19(2)3)20-14-5-4-6-15(20)10-13(18)9-14/h7-8,11,13-15H,4-6,9-10,18H2,1-3H3. The lowest BCUT2D eigenvalue weighted by Crippen LogP contribution is -2.55. The van der Waals surface area contributed by atoms with Crippen LogP contribution in [0.2, 0.25) is 0 Å². The summed E-state index contributed by atoms with van der Waals surface area (Å²) in [5, 5.41) is 0. The van der Waals surface area contributed by atoms with E-state index in [2.05, 4.69) is 49.0 Å². The third-order valence-electron chi connectivity index (χ3n) is 4.98. The number of hydrogen-bond acceptors (Lipinski definition) is 3. The first kappa shape index (κ1) is 13.7. The van der Waals surface area contributed by atoms with Gasteiger partial charge in [0.25, 0.3) is 0 Å². The Hall–Kier alpha value is -1.22. The fourth-order valence-corrected chi connectivity index (χ4v) is 4.09. The first-order valence-corrected chi connectivity index (χ1v) is 7.88. The normalized spacial score (nSPS) is 29.4. The van der Waals surface area contributed by atoms with Crippen molar-refractivity contribution in [3.05, 3.63) is 23.8 Å². The van der Waals surface area contributed by atoms with Gasteiger partial charge in [0.2, 0.25) is 0 Å². The molecule has 0 aromatic heterocycles. The van der Waals surface area contributed by atoms with Crippen LogP contribution >= 0.6 is 0 Å². The molecule has 2 aliphatic rings. The summed E-state index contributed by atoms with van der Waals surface area (Å²) in [6.45, 7) is 2.19. The molecule has 2 atom stereocenters. The Morgan fingerprint density at radius 2 is 1.80 bits per heavy atom. The van der Waals surface area contributed by atoms with Crippen molar-refractivity contribution >= 4 is 11.4 Å². The smallest absolute Gasteiger partial charge is 0.0411 e. The van der Waals surface area contributed by atoms with E-state index in [9.17, 15) is 0 Å². The maximum absolute atomic E-state index is 6.23. The third-order valence-corrected chi connectivity index (χ3v) is 4.98. The summed E-state index contributed by atoms with van der Waals surface area (Å²) in [4.78, 5) is 4.88. The number of nitrogens with two attached hydrogens (primary N) is 1. The molecular formula is C17H27N3. The highest BCUT2D eigenvalue weighted by molar-refractivity contribution is 5.64. The molecule has 0 amide bonds. The number of fused-ring (bicyclic) bond motifs is 2. The molecule has 3 heteroatoms. The van der Waals surface area contributed by atoms with Crippen molar-refractivity contribution in [2.45, 2.75) is 57.2 Å². The third kappa shape index (κ3) is 2.39. The minimum absolute atomic E-state index is 0.403. The summed E-state index contributed by atoms with van der Waals surface area (Å²) in [6.07, 6.45) is 6.28. The van der Waals surface area contributed by atoms with E-state index in [1.165, 1.54) is 36.2 Å². The van der Waals surface area contributed by atoms with Crippen LogP contribution < -0.4 is 15.5 Å². The minimum Gasteiger partial charge on any atom is -0.377 e. The Morgan fingerprint density at radius 1 is 1.15 bits per heavy atom. The number of benzene rings is 1. The molecule has 2 heterocycles. The van der Waals surface area contributed by atoms with E-state index >= 15 is 0 Å². The SMILES string of the molecule is Cc1ccc(N2C3CCCC2CC(N)C3)cc1N(C)C. The van der Waals surface area contributed by atoms with Crippen LogP contribution in [-0.4, -0.2) is 32.2 Å². The minimum atomic E-state index is 0.403. The van der Waals surface area contributed by atoms with Crippen molar-refractivity contribution in [2.24, 2.45) is 5.73 Å². The Labute approximate surface area is 122 Å². The zero-order valence-corrected chi connectivity index (χ0v) is 13.0. The maximum Gasteiger partial charge on any atom is 0.0411 e. The van der Waals surface area contributed by atoms with E-state index in [0.717, 1.165) is 12.8 Å². The van der Waals surface area contributed by atoms with Crippen LogP contribution in [-0.2, 0) is 0 Å². The molecule has 1 aromatic carbocycles. The second kappa shape index (κ2) is 5.28.